The Morgan fingerprint density at radius 2 is 1.93 bits per heavy atom. The van der Waals surface area contributed by atoms with Crippen molar-refractivity contribution < 1.29 is 0 Å². The molecular weight excluding hydrogens is 202 g/mol. The molecule has 0 heterocycles. The zero-order chi connectivity index (χ0) is 11.1. The van der Waals surface area contributed by atoms with Gasteiger partial charge in [0.25, 0.3) is 0 Å². The van der Waals surface area contributed by atoms with Crippen molar-refractivity contribution in [3.8, 4) is 0 Å². The third-order valence-electron chi connectivity index (χ3n) is 2.53. The van der Waals surface area contributed by atoms with Gasteiger partial charge in [0.15, 0.2) is 0 Å². The Bertz CT molecular complexity index is 268. The van der Waals surface area contributed by atoms with Crippen LogP contribution in [0.4, 0.5) is 5.69 Å². The number of anilines is 1. The highest BCUT2D eigenvalue weighted by Gasteiger charge is 2.00. The molecule has 1 atom stereocenters. The minimum Gasteiger partial charge on any atom is -0.385 e. The van der Waals surface area contributed by atoms with Crippen molar-refractivity contribution in [2.75, 3.05) is 18.1 Å². The predicted molar refractivity (Wildman–Crippen MR) is 70.8 cm³/mol. The summed E-state index contributed by atoms with van der Waals surface area (Å²) in [5.41, 5.74) is 1.23. The number of hydrogen-bond acceptors (Lipinski definition) is 2. The van der Waals surface area contributed by atoms with E-state index >= 15 is 0 Å². The van der Waals surface area contributed by atoms with Crippen LogP contribution in [-0.4, -0.2) is 12.8 Å². The van der Waals surface area contributed by atoms with Crippen molar-refractivity contribution in [1.82, 2.24) is 0 Å². The summed E-state index contributed by atoms with van der Waals surface area (Å²) >= 11 is 1.78. The number of thioether (sulfide) groups is 1. The molecule has 1 rings (SSSR count). The monoisotopic (exact) mass is 223 g/mol. The number of benzene rings is 1. The van der Waals surface area contributed by atoms with Crippen LogP contribution < -0.4 is 5.32 Å². The SMILES string of the molecule is CCCC(C)CNc1ccc(SC)cc1. The molecular formula is C13H21NS. The molecule has 0 aliphatic heterocycles. The van der Waals surface area contributed by atoms with Gasteiger partial charge in [0.2, 0.25) is 0 Å². The van der Waals surface area contributed by atoms with E-state index in [4.69, 9.17) is 0 Å². The molecule has 0 saturated heterocycles. The van der Waals surface area contributed by atoms with Gasteiger partial charge in [-0.05, 0) is 42.9 Å². The maximum atomic E-state index is 3.47. The van der Waals surface area contributed by atoms with Crippen molar-refractivity contribution in [3.63, 3.8) is 0 Å². The highest BCUT2D eigenvalue weighted by Crippen LogP contribution is 2.17. The van der Waals surface area contributed by atoms with Gasteiger partial charge < -0.3 is 5.32 Å². The lowest BCUT2D eigenvalue weighted by atomic mass is 10.1. The van der Waals surface area contributed by atoms with Gasteiger partial charge in [-0.3, -0.25) is 0 Å². The molecule has 0 amide bonds. The van der Waals surface area contributed by atoms with E-state index in [0.717, 1.165) is 12.5 Å². The highest BCUT2D eigenvalue weighted by atomic mass is 32.2. The van der Waals surface area contributed by atoms with Gasteiger partial charge in [0.1, 0.15) is 0 Å². The third kappa shape index (κ3) is 4.61. The van der Waals surface area contributed by atoms with Gasteiger partial charge in [-0.15, -0.1) is 11.8 Å². The normalized spacial score (nSPS) is 12.5. The molecule has 1 aromatic rings. The van der Waals surface area contributed by atoms with Crippen LogP contribution in [0.15, 0.2) is 29.2 Å². The summed E-state index contributed by atoms with van der Waals surface area (Å²) in [7, 11) is 0. The zero-order valence-electron chi connectivity index (χ0n) is 9.92. The molecule has 0 radical (unpaired) electrons. The molecule has 0 saturated carbocycles. The van der Waals surface area contributed by atoms with Gasteiger partial charge in [-0.25, -0.2) is 0 Å². The highest BCUT2D eigenvalue weighted by molar-refractivity contribution is 7.98. The van der Waals surface area contributed by atoms with E-state index in [1.54, 1.807) is 11.8 Å². The molecule has 0 bridgehead atoms. The molecule has 1 aromatic carbocycles. The van der Waals surface area contributed by atoms with Crippen LogP contribution in [0.1, 0.15) is 26.7 Å². The van der Waals surface area contributed by atoms with Gasteiger partial charge in [-0.1, -0.05) is 20.3 Å². The van der Waals surface area contributed by atoms with Crippen LogP contribution in [0.25, 0.3) is 0 Å². The third-order valence-corrected chi connectivity index (χ3v) is 3.27. The molecule has 1 nitrogen and oxygen atoms in total. The summed E-state index contributed by atoms with van der Waals surface area (Å²) in [6.45, 7) is 5.61. The van der Waals surface area contributed by atoms with E-state index in [-0.39, 0.29) is 0 Å². The Kier molecular flexibility index (Phi) is 5.62. The van der Waals surface area contributed by atoms with Gasteiger partial charge in [0, 0.05) is 17.1 Å². The fourth-order valence-electron chi connectivity index (χ4n) is 1.60. The first-order valence-electron chi connectivity index (χ1n) is 5.64. The Morgan fingerprint density at radius 1 is 1.27 bits per heavy atom. The summed E-state index contributed by atoms with van der Waals surface area (Å²) in [4.78, 5) is 1.32. The van der Waals surface area contributed by atoms with Crippen molar-refractivity contribution in [2.24, 2.45) is 5.92 Å². The summed E-state index contributed by atoms with van der Waals surface area (Å²) in [5.74, 6) is 0.759. The van der Waals surface area contributed by atoms with E-state index in [1.165, 1.54) is 23.4 Å². The fourth-order valence-corrected chi connectivity index (χ4v) is 2.00. The second-order valence-electron chi connectivity index (χ2n) is 4.00. The zero-order valence-corrected chi connectivity index (χ0v) is 10.7. The van der Waals surface area contributed by atoms with Crippen molar-refractivity contribution >= 4 is 17.4 Å². The van der Waals surface area contributed by atoms with Crippen LogP contribution in [0.5, 0.6) is 0 Å². The quantitative estimate of drug-likeness (QED) is 0.723. The average Bonchev–Trinajstić information content (AvgIpc) is 2.27. The molecule has 1 N–H and O–H groups in total. The van der Waals surface area contributed by atoms with Crippen LogP contribution in [0.2, 0.25) is 0 Å². The Labute approximate surface area is 97.7 Å². The first-order valence-corrected chi connectivity index (χ1v) is 6.86. The molecule has 2 heteroatoms. The molecule has 0 aromatic heterocycles. The van der Waals surface area contributed by atoms with Gasteiger partial charge in [0.05, 0.1) is 0 Å². The lowest BCUT2D eigenvalue weighted by Crippen LogP contribution is -2.10. The number of rotatable bonds is 6. The minimum absolute atomic E-state index is 0.759. The fraction of sp³-hybridized carbons (Fsp3) is 0.538. The summed E-state index contributed by atoms with van der Waals surface area (Å²) in [6.07, 6.45) is 4.68. The molecule has 0 aliphatic rings. The standard InChI is InChI=1S/C13H21NS/c1-4-5-11(2)10-14-12-6-8-13(15-3)9-7-12/h6-9,11,14H,4-5,10H2,1-3H3. The van der Waals surface area contributed by atoms with E-state index < -0.39 is 0 Å². The van der Waals surface area contributed by atoms with Crippen LogP contribution in [0.3, 0.4) is 0 Å². The Balaban J connectivity index is 2.37. The van der Waals surface area contributed by atoms with Gasteiger partial charge >= 0.3 is 0 Å². The first-order chi connectivity index (χ1) is 7.26. The molecule has 84 valence electrons. The van der Waals surface area contributed by atoms with Crippen molar-refractivity contribution in [1.29, 1.82) is 0 Å². The summed E-state index contributed by atoms with van der Waals surface area (Å²) in [5, 5.41) is 3.47. The van der Waals surface area contributed by atoms with Gasteiger partial charge in [-0.2, -0.15) is 0 Å². The summed E-state index contributed by atoms with van der Waals surface area (Å²) < 4.78 is 0. The summed E-state index contributed by atoms with van der Waals surface area (Å²) in [6, 6.07) is 8.64. The maximum absolute atomic E-state index is 3.47. The smallest absolute Gasteiger partial charge is 0.0341 e. The second kappa shape index (κ2) is 6.78. The van der Waals surface area contributed by atoms with Crippen LogP contribution in [0, 0.1) is 5.92 Å². The molecule has 15 heavy (non-hydrogen) atoms. The van der Waals surface area contributed by atoms with E-state index in [1.807, 2.05) is 0 Å². The van der Waals surface area contributed by atoms with Crippen molar-refractivity contribution in [2.45, 2.75) is 31.6 Å². The second-order valence-corrected chi connectivity index (χ2v) is 4.88. The molecule has 0 fully saturated rings. The molecule has 0 aliphatic carbocycles. The minimum atomic E-state index is 0.759. The number of nitrogens with one attached hydrogen (secondary N) is 1. The lowest BCUT2D eigenvalue weighted by Gasteiger charge is -2.12. The van der Waals surface area contributed by atoms with Crippen LogP contribution in [-0.2, 0) is 0 Å². The Morgan fingerprint density at radius 3 is 2.47 bits per heavy atom. The average molecular weight is 223 g/mol. The van der Waals surface area contributed by atoms with Crippen molar-refractivity contribution in [3.05, 3.63) is 24.3 Å². The number of hydrogen-bond donors (Lipinski definition) is 1. The van der Waals surface area contributed by atoms with E-state index in [2.05, 4.69) is 49.7 Å². The van der Waals surface area contributed by atoms with E-state index in [0.29, 0.717) is 0 Å². The molecule has 1 unspecified atom stereocenters. The largest absolute Gasteiger partial charge is 0.385 e. The maximum Gasteiger partial charge on any atom is 0.0341 e. The topological polar surface area (TPSA) is 12.0 Å². The molecule has 0 spiro atoms. The Hall–Kier alpha value is -0.630. The lowest BCUT2D eigenvalue weighted by molar-refractivity contribution is 0.551. The van der Waals surface area contributed by atoms with E-state index in [9.17, 15) is 0 Å². The predicted octanol–water partition coefficient (Wildman–Crippen LogP) is 4.26. The first kappa shape index (κ1) is 12.4. The van der Waals surface area contributed by atoms with Crippen LogP contribution >= 0.6 is 11.8 Å².